The summed E-state index contributed by atoms with van der Waals surface area (Å²) in [6.07, 6.45) is 3.35. The quantitative estimate of drug-likeness (QED) is 0.562. The van der Waals surface area contributed by atoms with E-state index in [4.69, 9.17) is 9.47 Å². The first-order valence-corrected chi connectivity index (χ1v) is 10.5. The summed E-state index contributed by atoms with van der Waals surface area (Å²) in [7, 11) is -3.63. The summed E-state index contributed by atoms with van der Waals surface area (Å²) in [5, 5.41) is 3.88. The van der Waals surface area contributed by atoms with Gasteiger partial charge in [-0.25, -0.2) is 13.8 Å². The van der Waals surface area contributed by atoms with Crippen LogP contribution in [-0.4, -0.2) is 40.1 Å². The second kappa shape index (κ2) is 8.30. The molecule has 9 heteroatoms. The Balaban J connectivity index is 1.65. The van der Waals surface area contributed by atoms with Gasteiger partial charge in [-0.15, -0.1) is 0 Å². The molecule has 3 rings (SSSR count). The molecular formula is C19H21N3O5S. The normalized spacial score (nSPS) is 12.9. The second-order valence-corrected chi connectivity index (χ2v) is 8.10. The number of hydrazone groups is 1. The van der Waals surface area contributed by atoms with E-state index in [1.807, 2.05) is 19.1 Å². The van der Waals surface area contributed by atoms with Crippen LogP contribution in [-0.2, 0) is 21.2 Å². The molecule has 2 aromatic carbocycles. The largest absolute Gasteiger partial charge is 0.454 e. The lowest BCUT2D eigenvalue weighted by atomic mass is 10.1. The number of benzene rings is 2. The molecule has 148 valence electrons. The molecule has 1 amide bonds. The lowest BCUT2D eigenvalue weighted by Gasteiger charge is -2.21. The van der Waals surface area contributed by atoms with E-state index < -0.39 is 15.9 Å². The van der Waals surface area contributed by atoms with Crippen LogP contribution < -0.4 is 19.2 Å². The molecule has 1 heterocycles. The van der Waals surface area contributed by atoms with Crippen LogP contribution >= 0.6 is 0 Å². The molecule has 8 nitrogen and oxygen atoms in total. The van der Waals surface area contributed by atoms with Gasteiger partial charge in [0, 0.05) is 0 Å². The van der Waals surface area contributed by atoms with Crippen LogP contribution in [0, 0.1) is 0 Å². The maximum atomic E-state index is 12.2. The van der Waals surface area contributed by atoms with Gasteiger partial charge in [-0.3, -0.25) is 9.10 Å². The molecule has 0 radical (unpaired) electrons. The van der Waals surface area contributed by atoms with Crippen LogP contribution in [0.2, 0.25) is 0 Å². The third-order valence-electron chi connectivity index (χ3n) is 4.12. The van der Waals surface area contributed by atoms with Gasteiger partial charge in [0.1, 0.15) is 6.54 Å². The second-order valence-electron chi connectivity index (χ2n) is 6.20. The lowest BCUT2D eigenvalue weighted by molar-refractivity contribution is -0.119. The van der Waals surface area contributed by atoms with E-state index in [1.54, 1.807) is 30.3 Å². The number of carbonyl (C=O) groups is 1. The molecule has 1 aliphatic heterocycles. The van der Waals surface area contributed by atoms with Crippen molar-refractivity contribution in [1.29, 1.82) is 0 Å². The summed E-state index contributed by atoms with van der Waals surface area (Å²) < 4.78 is 35.8. The van der Waals surface area contributed by atoms with Gasteiger partial charge in [0.05, 0.1) is 18.2 Å². The van der Waals surface area contributed by atoms with Gasteiger partial charge in [0.25, 0.3) is 5.91 Å². The molecule has 0 aromatic heterocycles. The van der Waals surface area contributed by atoms with Crippen LogP contribution in [0.25, 0.3) is 0 Å². The van der Waals surface area contributed by atoms with Crippen molar-refractivity contribution in [3.63, 3.8) is 0 Å². The number of rotatable bonds is 7. The van der Waals surface area contributed by atoms with Crippen molar-refractivity contribution in [2.45, 2.75) is 13.3 Å². The number of ether oxygens (including phenoxy) is 2. The van der Waals surface area contributed by atoms with E-state index in [0.29, 0.717) is 22.7 Å². The molecule has 0 atom stereocenters. The number of hydrogen-bond donors (Lipinski definition) is 1. The van der Waals surface area contributed by atoms with Gasteiger partial charge in [0.15, 0.2) is 11.5 Å². The highest BCUT2D eigenvalue weighted by molar-refractivity contribution is 7.92. The standard InChI is InChI=1S/C19H21N3O5S/c1-3-14-4-7-16(8-5-14)22(28(2,24)25)12-19(23)21-20-11-15-6-9-17-18(10-15)27-13-26-17/h4-11H,3,12-13H2,1-2H3,(H,21,23)/b20-11-. The van der Waals surface area contributed by atoms with Crippen molar-refractivity contribution in [3.8, 4) is 11.5 Å². The van der Waals surface area contributed by atoms with Gasteiger partial charge < -0.3 is 9.47 Å². The highest BCUT2D eigenvalue weighted by atomic mass is 32.2. The molecule has 28 heavy (non-hydrogen) atoms. The van der Waals surface area contributed by atoms with E-state index in [-0.39, 0.29) is 13.3 Å². The number of nitrogens with zero attached hydrogens (tertiary/aromatic N) is 2. The number of fused-ring (bicyclic) bond motifs is 1. The zero-order valence-corrected chi connectivity index (χ0v) is 16.4. The number of hydrogen-bond acceptors (Lipinski definition) is 6. The molecule has 0 spiro atoms. The van der Waals surface area contributed by atoms with E-state index in [2.05, 4.69) is 10.5 Å². The number of aryl methyl sites for hydroxylation is 1. The predicted molar refractivity (Wildman–Crippen MR) is 106 cm³/mol. The highest BCUT2D eigenvalue weighted by Crippen LogP contribution is 2.31. The van der Waals surface area contributed by atoms with Crippen LogP contribution in [0.4, 0.5) is 5.69 Å². The average Bonchev–Trinajstić information content (AvgIpc) is 3.13. The summed E-state index contributed by atoms with van der Waals surface area (Å²) in [4.78, 5) is 12.2. The van der Waals surface area contributed by atoms with Crippen LogP contribution in [0.15, 0.2) is 47.6 Å². The first-order valence-electron chi connectivity index (χ1n) is 8.65. The molecular weight excluding hydrogens is 382 g/mol. The van der Waals surface area contributed by atoms with E-state index in [1.165, 1.54) is 6.21 Å². The lowest BCUT2D eigenvalue weighted by Crippen LogP contribution is -2.39. The van der Waals surface area contributed by atoms with Gasteiger partial charge in [-0.1, -0.05) is 19.1 Å². The minimum atomic E-state index is -3.63. The maximum absolute atomic E-state index is 12.2. The fraction of sp³-hybridized carbons (Fsp3) is 0.263. The molecule has 0 bridgehead atoms. The van der Waals surface area contributed by atoms with Crippen molar-refractivity contribution in [2.75, 3.05) is 23.9 Å². The Labute approximate surface area is 163 Å². The Morgan fingerprint density at radius 1 is 1.18 bits per heavy atom. The van der Waals surface area contributed by atoms with Crippen molar-refractivity contribution >= 4 is 27.8 Å². The highest BCUT2D eigenvalue weighted by Gasteiger charge is 2.20. The molecule has 0 aliphatic carbocycles. The summed E-state index contributed by atoms with van der Waals surface area (Å²) in [6.45, 7) is 1.81. The molecule has 1 N–H and O–H groups in total. The predicted octanol–water partition coefficient (Wildman–Crippen LogP) is 1.89. The summed E-state index contributed by atoms with van der Waals surface area (Å²) >= 11 is 0. The minimum Gasteiger partial charge on any atom is -0.454 e. The van der Waals surface area contributed by atoms with E-state index in [0.717, 1.165) is 22.5 Å². The van der Waals surface area contributed by atoms with Crippen LogP contribution in [0.3, 0.4) is 0 Å². The maximum Gasteiger partial charge on any atom is 0.260 e. The number of amides is 1. The fourth-order valence-electron chi connectivity index (χ4n) is 2.64. The van der Waals surface area contributed by atoms with E-state index in [9.17, 15) is 13.2 Å². The van der Waals surface area contributed by atoms with Gasteiger partial charge in [-0.2, -0.15) is 5.10 Å². The fourth-order valence-corrected chi connectivity index (χ4v) is 3.49. The molecule has 0 saturated heterocycles. The first-order chi connectivity index (χ1) is 13.4. The summed E-state index contributed by atoms with van der Waals surface area (Å²) in [6, 6.07) is 12.3. The summed E-state index contributed by atoms with van der Waals surface area (Å²) in [5.41, 5.74) is 4.56. The monoisotopic (exact) mass is 403 g/mol. The van der Waals surface area contributed by atoms with Crippen LogP contribution in [0.1, 0.15) is 18.1 Å². The summed E-state index contributed by atoms with van der Waals surface area (Å²) in [5.74, 6) is 0.704. The molecule has 0 unspecified atom stereocenters. The topological polar surface area (TPSA) is 97.3 Å². The SMILES string of the molecule is CCc1ccc(N(CC(=O)N/N=C\c2ccc3c(c2)OCO3)S(C)(=O)=O)cc1. The van der Waals surface area contributed by atoms with Crippen molar-refractivity contribution in [3.05, 3.63) is 53.6 Å². The molecule has 0 fully saturated rings. The zero-order chi connectivity index (χ0) is 20.1. The van der Waals surface area contributed by atoms with Crippen molar-refractivity contribution < 1.29 is 22.7 Å². The first kappa shape index (κ1) is 19.7. The number of nitrogens with one attached hydrogen (secondary N) is 1. The van der Waals surface area contributed by atoms with Gasteiger partial charge >= 0.3 is 0 Å². The Kier molecular flexibility index (Phi) is 5.84. The third kappa shape index (κ3) is 4.80. The molecule has 1 aliphatic rings. The van der Waals surface area contributed by atoms with Crippen molar-refractivity contribution in [1.82, 2.24) is 5.43 Å². The minimum absolute atomic E-state index is 0.174. The zero-order valence-electron chi connectivity index (χ0n) is 15.6. The van der Waals surface area contributed by atoms with Crippen molar-refractivity contribution in [2.24, 2.45) is 5.10 Å². The van der Waals surface area contributed by atoms with Gasteiger partial charge in [-0.05, 0) is 47.9 Å². The Hall–Kier alpha value is -3.07. The number of carbonyl (C=O) groups excluding carboxylic acids is 1. The molecule has 0 saturated carbocycles. The number of anilines is 1. The molecule has 2 aromatic rings. The van der Waals surface area contributed by atoms with Crippen LogP contribution in [0.5, 0.6) is 11.5 Å². The average molecular weight is 403 g/mol. The number of sulfonamides is 1. The Bertz CT molecular complexity index is 987. The van der Waals surface area contributed by atoms with E-state index >= 15 is 0 Å². The Morgan fingerprint density at radius 3 is 2.57 bits per heavy atom. The van der Waals surface area contributed by atoms with Gasteiger partial charge in [0.2, 0.25) is 16.8 Å². The smallest absolute Gasteiger partial charge is 0.260 e. The Morgan fingerprint density at radius 2 is 1.89 bits per heavy atom. The third-order valence-corrected chi connectivity index (χ3v) is 5.26.